The fourth-order valence-corrected chi connectivity index (χ4v) is 1.16. The molecule has 0 aliphatic heterocycles. The predicted octanol–water partition coefficient (Wildman–Crippen LogP) is 0.798. The van der Waals surface area contributed by atoms with E-state index >= 15 is 0 Å². The van der Waals surface area contributed by atoms with Crippen LogP contribution in [0.4, 0.5) is 5.69 Å². The molecule has 1 aromatic rings. The van der Waals surface area contributed by atoms with Gasteiger partial charge in [-0.1, -0.05) is 12.1 Å². The lowest BCUT2D eigenvalue weighted by Gasteiger charge is -2.09. The molecule has 90 valence electrons. The minimum atomic E-state index is -1.21. The normalized spacial score (nSPS) is 11.6. The maximum absolute atomic E-state index is 11.6. The third-order valence-corrected chi connectivity index (χ3v) is 2.06. The zero-order chi connectivity index (χ0) is 13.0. The third kappa shape index (κ3) is 3.00. The number of carboxylic acids is 1. The van der Waals surface area contributed by atoms with Crippen LogP contribution < -0.4 is 5.32 Å². The average molecular weight is 238 g/mol. The Bertz CT molecular complexity index is 472. The Hall–Kier alpha value is -2.44. The van der Waals surface area contributed by atoms with Gasteiger partial charge in [-0.05, 0) is 13.0 Å². The highest BCUT2D eigenvalue weighted by Crippen LogP contribution is 2.17. The molecule has 0 radical (unpaired) electrons. The second-order valence-corrected chi connectivity index (χ2v) is 3.31. The molecule has 0 aliphatic carbocycles. The first-order chi connectivity index (χ1) is 7.93. The number of nitrogens with zero attached hydrogens (tertiary/aromatic N) is 1. The maximum atomic E-state index is 11.6. The standard InChI is InChI=1S/C10H10N2O5/c1-6(10(14)15)11-9(13)7-4-2-3-5-8(7)12(16)17/h2-6H,1H3,(H,11,13)(H,14,15). The Morgan fingerprint density at radius 3 is 2.53 bits per heavy atom. The van der Waals surface area contributed by atoms with E-state index < -0.39 is 22.8 Å². The number of nitro groups is 1. The van der Waals surface area contributed by atoms with Crippen LogP contribution in [0.5, 0.6) is 0 Å². The Labute approximate surface area is 96.2 Å². The minimum Gasteiger partial charge on any atom is -0.480 e. The van der Waals surface area contributed by atoms with Crippen molar-refractivity contribution in [3.8, 4) is 0 Å². The number of benzene rings is 1. The second kappa shape index (κ2) is 5.06. The first kappa shape index (κ1) is 12.6. The fourth-order valence-electron chi connectivity index (χ4n) is 1.16. The Morgan fingerprint density at radius 1 is 1.41 bits per heavy atom. The number of hydrogen-bond acceptors (Lipinski definition) is 4. The molecule has 1 atom stereocenters. The summed E-state index contributed by atoms with van der Waals surface area (Å²) in [6.45, 7) is 1.27. The van der Waals surface area contributed by atoms with Crippen molar-refractivity contribution >= 4 is 17.6 Å². The van der Waals surface area contributed by atoms with E-state index in [1.165, 1.54) is 31.2 Å². The number of hydrogen-bond donors (Lipinski definition) is 2. The predicted molar refractivity (Wildman–Crippen MR) is 57.7 cm³/mol. The van der Waals surface area contributed by atoms with Gasteiger partial charge in [-0.25, -0.2) is 0 Å². The molecule has 0 spiro atoms. The van der Waals surface area contributed by atoms with Gasteiger partial charge in [0.2, 0.25) is 0 Å². The lowest BCUT2D eigenvalue weighted by molar-refractivity contribution is -0.385. The quantitative estimate of drug-likeness (QED) is 0.595. The molecule has 1 aromatic carbocycles. The van der Waals surface area contributed by atoms with Gasteiger partial charge >= 0.3 is 5.97 Å². The molecule has 7 heteroatoms. The van der Waals surface area contributed by atoms with Crippen molar-refractivity contribution in [1.29, 1.82) is 0 Å². The van der Waals surface area contributed by atoms with E-state index in [0.717, 1.165) is 0 Å². The molecular weight excluding hydrogens is 228 g/mol. The van der Waals surface area contributed by atoms with E-state index in [2.05, 4.69) is 5.32 Å². The largest absolute Gasteiger partial charge is 0.480 e. The summed E-state index contributed by atoms with van der Waals surface area (Å²) < 4.78 is 0. The van der Waals surface area contributed by atoms with Gasteiger partial charge < -0.3 is 10.4 Å². The van der Waals surface area contributed by atoms with E-state index in [4.69, 9.17) is 5.11 Å². The van der Waals surface area contributed by atoms with Crippen LogP contribution in [0.2, 0.25) is 0 Å². The van der Waals surface area contributed by atoms with E-state index in [-0.39, 0.29) is 11.3 Å². The van der Waals surface area contributed by atoms with E-state index in [1.807, 2.05) is 0 Å². The lowest BCUT2D eigenvalue weighted by atomic mass is 10.1. The summed E-state index contributed by atoms with van der Waals surface area (Å²) in [6.07, 6.45) is 0. The van der Waals surface area contributed by atoms with Crippen LogP contribution in [-0.4, -0.2) is 27.9 Å². The molecule has 0 aliphatic rings. The molecular formula is C10H10N2O5. The summed E-state index contributed by atoms with van der Waals surface area (Å²) in [5.41, 5.74) is -0.520. The summed E-state index contributed by atoms with van der Waals surface area (Å²) in [5, 5.41) is 21.4. The van der Waals surface area contributed by atoms with E-state index in [1.54, 1.807) is 0 Å². The summed E-state index contributed by atoms with van der Waals surface area (Å²) in [7, 11) is 0. The van der Waals surface area contributed by atoms with Crippen LogP contribution in [0.25, 0.3) is 0 Å². The van der Waals surface area contributed by atoms with Crippen molar-refractivity contribution in [3.63, 3.8) is 0 Å². The zero-order valence-corrected chi connectivity index (χ0v) is 8.91. The highest BCUT2D eigenvalue weighted by molar-refractivity contribution is 5.99. The number of aliphatic carboxylic acids is 1. The Balaban J connectivity index is 2.97. The van der Waals surface area contributed by atoms with Gasteiger partial charge in [-0.2, -0.15) is 0 Å². The lowest BCUT2D eigenvalue weighted by Crippen LogP contribution is -2.38. The molecule has 17 heavy (non-hydrogen) atoms. The van der Waals surface area contributed by atoms with Crippen molar-refractivity contribution in [3.05, 3.63) is 39.9 Å². The molecule has 0 fully saturated rings. The summed E-state index contributed by atoms with van der Waals surface area (Å²) in [4.78, 5) is 32.1. The van der Waals surface area contributed by atoms with Crippen LogP contribution in [-0.2, 0) is 4.79 Å². The zero-order valence-electron chi connectivity index (χ0n) is 8.91. The van der Waals surface area contributed by atoms with Crippen molar-refractivity contribution in [2.45, 2.75) is 13.0 Å². The number of carbonyl (C=O) groups excluding carboxylic acids is 1. The average Bonchev–Trinajstić information content (AvgIpc) is 2.28. The monoisotopic (exact) mass is 238 g/mol. The van der Waals surface area contributed by atoms with Gasteiger partial charge in [0.25, 0.3) is 11.6 Å². The Morgan fingerprint density at radius 2 is 2.00 bits per heavy atom. The van der Waals surface area contributed by atoms with Gasteiger partial charge in [-0.3, -0.25) is 19.7 Å². The van der Waals surface area contributed by atoms with Crippen molar-refractivity contribution in [2.75, 3.05) is 0 Å². The van der Waals surface area contributed by atoms with Crippen LogP contribution in [0.15, 0.2) is 24.3 Å². The van der Waals surface area contributed by atoms with Gasteiger partial charge in [0, 0.05) is 6.07 Å². The number of rotatable bonds is 4. The first-order valence-corrected chi connectivity index (χ1v) is 4.70. The molecule has 0 saturated heterocycles. The maximum Gasteiger partial charge on any atom is 0.325 e. The molecule has 1 rings (SSSR count). The molecule has 0 saturated carbocycles. The highest BCUT2D eigenvalue weighted by atomic mass is 16.6. The molecule has 0 heterocycles. The van der Waals surface area contributed by atoms with Gasteiger partial charge in [0.1, 0.15) is 11.6 Å². The fraction of sp³-hybridized carbons (Fsp3) is 0.200. The number of carboxylic acid groups (broad SMARTS) is 1. The molecule has 1 unspecified atom stereocenters. The summed E-state index contributed by atoms with van der Waals surface area (Å²) in [5.74, 6) is -2.00. The number of nitrogens with one attached hydrogen (secondary N) is 1. The van der Waals surface area contributed by atoms with Gasteiger partial charge in [-0.15, -0.1) is 0 Å². The number of para-hydroxylation sites is 1. The summed E-state index contributed by atoms with van der Waals surface area (Å²) in [6, 6.07) is 4.23. The number of carbonyl (C=O) groups is 2. The first-order valence-electron chi connectivity index (χ1n) is 4.70. The van der Waals surface area contributed by atoms with Crippen LogP contribution in [0.3, 0.4) is 0 Å². The smallest absolute Gasteiger partial charge is 0.325 e. The number of amides is 1. The van der Waals surface area contributed by atoms with Crippen molar-refractivity contribution in [1.82, 2.24) is 5.32 Å². The molecule has 0 bridgehead atoms. The van der Waals surface area contributed by atoms with Crippen molar-refractivity contribution < 1.29 is 19.6 Å². The van der Waals surface area contributed by atoms with E-state index in [0.29, 0.717) is 0 Å². The molecule has 7 nitrogen and oxygen atoms in total. The summed E-state index contributed by atoms with van der Waals surface area (Å²) >= 11 is 0. The SMILES string of the molecule is CC(NC(=O)c1ccccc1[N+](=O)[O-])C(=O)O. The van der Waals surface area contributed by atoms with Crippen LogP contribution >= 0.6 is 0 Å². The molecule has 2 N–H and O–H groups in total. The van der Waals surface area contributed by atoms with Crippen LogP contribution in [0.1, 0.15) is 17.3 Å². The second-order valence-electron chi connectivity index (χ2n) is 3.31. The highest BCUT2D eigenvalue weighted by Gasteiger charge is 2.22. The topological polar surface area (TPSA) is 110 Å². The van der Waals surface area contributed by atoms with Gasteiger partial charge in [0.15, 0.2) is 0 Å². The Kier molecular flexibility index (Phi) is 3.76. The molecule has 1 amide bonds. The number of nitro benzene ring substituents is 1. The van der Waals surface area contributed by atoms with Gasteiger partial charge in [0.05, 0.1) is 4.92 Å². The van der Waals surface area contributed by atoms with Crippen LogP contribution in [0, 0.1) is 10.1 Å². The molecule has 0 aromatic heterocycles. The minimum absolute atomic E-state index is 0.161. The van der Waals surface area contributed by atoms with Crippen molar-refractivity contribution in [2.24, 2.45) is 0 Å². The van der Waals surface area contributed by atoms with E-state index in [9.17, 15) is 19.7 Å². The third-order valence-electron chi connectivity index (χ3n) is 2.06.